The molecule has 1 aromatic carbocycles. The zero-order valence-corrected chi connectivity index (χ0v) is 14.7. The fourth-order valence-corrected chi connectivity index (χ4v) is 2.99. The number of H-pyrrole nitrogens is 1. The molecule has 4 aromatic rings. The summed E-state index contributed by atoms with van der Waals surface area (Å²) in [4.78, 5) is 7.35. The molecular formula is C17H14FN5O2S. The minimum Gasteiger partial charge on any atom is -0.410 e. The van der Waals surface area contributed by atoms with Crippen molar-refractivity contribution in [3.63, 3.8) is 0 Å². The Morgan fingerprint density at radius 2 is 2.12 bits per heavy atom. The third-order valence-electron chi connectivity index (χ3n) is 3.73. The SMILES string of the molecule is Cc1ccc(-c2noc([C@H](C)Sc3nnc(-c4ccc[nH]4)o3)n2)cc1F. The molecule has 1 N–H and O–H groups in total. The molecule has 3 heterocycles. The summed E-state index contributed by atoms with van der Waals surface area (Å²) in [5, 5.41) is 12.1. The van der Waals surface area contributed by atoms with E-state index in [1.54, 1.807) is 25.3 Å². The first kappa shape index (κ1) is 16.5. The van der Waals surface area contributed by atoms with E-state index in [0.29, 0.717) is 34.0 Å². The molecule has 4 rings (SSSR count). The highest BCUT2D eigenvalue weighted by molar-refractivity contribution is 7.99. The number of aromatic nitrogens is 5. The average molecular weight is 371 g/mol. The van der Waals surface area contributed by atoms with Crippen LogP contribution in [0, 0.1) is 12.7 Å². The Morgan fingerprint density at radius 1 is 1.23 bits per heavy atom. The van der Waals surface area contributed by atoms with Crippen molar-refractivity contribution in [2.45, 2.75) is 24.3 Å². The van der Waals surface area contributed by atoms with Crippen LogP contribution >= 0.6 is 11.8 Å². The maximum Gasteiger partial charge on any atom is 0.277 e. The number of nitrogens with zero attached hydrogens (tertiary/aromatic N) is 4. The van der Waals surface area contributed by atoms with Crippen LogP contribution in [0.2, 0.25) is 0 Å². The summed E-state index contributed by atoms with van der Waals surface area (Å²) in [5.74, 6) is 0.833. The monoisotopic (exact) mass is 371 g/mol. The Bertz CT molecular complexity index is 1030. The number of aryl methyl sites for hydroxylation is 1. The van der Waals surface area contributed by atoms with Crippen molar-refractivity contribution in [1.82, 2.24) is 25.3 Å². The summed E-state index contributed by atoms with van der Waals surface area (Å²) in [6.07, 6.45) is 1.78. The predicted molar refractivity (Wildman–Crippen MR) is 92.8 cm³/mol. The van der Waals surface area contributed by atoms with Crippen LogP contribution in [0.1, 0.15) is 23.6 Å². The van der Waals surface area contributed by atoms with Crippen LogP contribution in [-0.2, 0) is 0 Å². The van der Waals surface area contributed by atoms with Crippen LogP contribution in [0.5, 0.6) is 0 Å². The second-order valence-electron chi connectivity index (χ2n) is 5.64. The Kier molecular flexibility index (Phi) is 4.29. The van der Waals surface area contributed by atoms with Gasteiger partial charge in [-0.1, -0.05) is 29.1 Å². The lowest BCUT2D eigenvalue weighted by molar-refractivity contribution is 0.379. The van der Waals surface area contributed by atoms with E-state index in [9.17, 15) is 4.39 Å². The number of halogens is 1. The number of rotatable bonds is 5. The Labute approximate surface area is 152 Å². The average Bonchev–Trinajstić information content (AvgIpc) is 3.38. The molecule has 0 saturated heterocycles. The molecule has 0 aliphatic carbocycles. The number of hydrogen-bond donors (Lipinski definition) is 1. The maximum absolute atomic E-state index is 13.7. The van der Waals surface area contributed by atoms with E-state index in [0.717, 1.165) is 5.69 Å². The zero-order valence-electron chi connectivity index (χ0n) is 13.9. The largest absolute Gasteiger partial charge is 0.410 e. The lowest BCUT2D eigenvalue weighted by Crippen LogP contribution is -1.90. The van der Waals surface area contributed by atoms with E-state index in [4.69, 9.17) is 8.94 Å². The van der Waals surface area contributed by atoms with Crippen LogP contribution in [0.25, 0.3) is 23.0 Å². The molecule has 0 bridgehead atoms. The Hall–Kier alpha value is -2.94. The van der Waals surface area contributed by atoms with Gasteiger partial charge in [-0.2, -0.15) is 4.98 Å². The maximum atomic E-state index is 13.7. The van der Waals surface area contributed by atoms with E-state index in [2.05, 4.69) is 25.3 Å². The molecule has 0 radical (unpaired) electrons. The predicted octanol–water partition coefficient (Wildman–Crippen LogP) is 4.42. The number of thioether (sulfide) groups is 1. The number of benzene rings is 1. The van der Waals surface area contributed by atoms with Crippen molar-refractivity contribution >= 4 is 11.8 Å². The van der Waals surface area contributed by atoms with Gasteiger partial charge in [0.1, 0.15) is 11.5 Å². The summed E-state index contributed by atoms with van der Waals surface area (Å²) < 4.78 is 24.6. The molecule has 0 aliphatic rings. The van der Waals surface area contributed by atoms with Crippen LogP contribution < -0.4 is 0 Å². The molecule has 0 amide bonds. The molecule has 26 heavy (non-hydrogen) atoms. The number of nitrogens with one attached hydrogen (secondary N) is 1. The van der Waals surface area contributed by atoms with Crippen molar-refractivity contribution in [2.75, 3.05) is 0 Å². The standard InChI is InChI=1S/C17H14FN5O2S/c1-9-5-6-11(8-12(9)18)14-20-15(25-23-14)10(2)26-17-22-21-16(24-17)13-4-3-7-19-13/h3-8,10,19H,1-2H3/t10-/m0/s1. The summed E-state index contributed by atoms with van der Waals surface area (Å²) in [5.41, 5.74) is 1.88. The lowest BCUT2D eigenvalue weighted by Gasteiger charge is -2.01. The molecule has 9 heteroatoms. The van der Waals surface area contributed by atoms with Gasteiger partial charge >= 0.3 is 0 Å². The third kappa shape index (κ3) is 3.25. The summed E-state index contributed by atoms with van der Waals surface area (Å²) in [6.45, 7) is 3.58. The topological polar surface area (TPSA) is 93.6 Å². The highest BCUT2D eigenvalue weighted by Gasteiger charge is 2.20. The first-order chi connectivity index (χ1) is 12.6. The molecule has 7 nitrogen and oxygen atoms in total. The van der Waals surface area contributed by atoms with Crippen LogP contribution in [-0.4, -0.2) is 25.3 Å². The van der Waals surface area contributed by atoms with Gasteiger partial charge in [0.25, 0.3) is 11.1 Å². The van der Waals surface area contributed by atoms with E-state index >= 15 is 0 Å². The summed E-state index contributed by atoms with van der Waals surface area (Å²) in [6, 6.07) is 8.52. The molecule has 1 atom stereocenters. The first-order valence-electron chi connectivity index (χ1n) is 7.84. The van der Waals surface area contributed by atoms with Gasteiger partial charge in [0, 0.05) is 11.8 Å². The van der Waals surface area contributed by atoms with Crippen LogP contribution in [0.3, 0.4) is 0 Å². The van der Waals surface area contributed by atoms with Gasteiger partial charge in [0.15, 0.2) is 0 Å². The number of hydrogen-bond acceptors (Lipinski definition) is 7. The molecule has 0 saturated carbocycles. The summed E-state index contributed by atoms with van der Waals surface area (Å²) in [7, 11) is 0. The van der Waals surface area contributed by atoms with Gasteiger partial charge in [-0.25, -0.2) is 4.39 Å². The molecule has 0 spiro atoms. The van der Waals surface area contributed by atoms with Gasteiger partial charge in [-0.3, -0.25) is 0 Å². The van der Waals surface area contributed by atoms with Gasteiger partial charge < -0.3 is 13.9 Å². The van der Waals surface area contributed by atoms with E-state index in [-0.39, 0.29) is 11.1 Å². The second kappa shape index (κ2) is 6.75. The molecule has 0 aliphatic heterocycles. The minimum absolute atomic E-state index is 0.205. The minimum atomic E-state index is -0.307. The van der Waals surface area contributed by atoms with Crippen molar-refractivity contribution < 1.29 is 13.3 Å². The van der Waals surface area contributed by atoms with Gasteiger partial charge in [0.2, 0.25) is 11.7 Å². The summed E-state index contributed by atoms with van der Waals surface area (Å²) >= 11 is 1.30. The fraction of sp³-hybridized carbons (Fsp3) is 0.176. The van der Waals surface area contributed by atoms with Gasteiger partial charge in [-0.15, -0.1) is 10.2 Å². The third-order valence-corrected chi connectivity index (χ3v) is 4.65. The van der Waals surface area contributed by atoms with E-state index < -0.39 is 0 Å². The molecule has 0 unspecified atom stereocenters. The lowest BCUT2D eigenvalue weighted by atomic mass is 10.1. The Morgan fingerprint density at radius 3 is 2.88 bits per heavy atom. The van der Waals surface area contributed by atoms with Crippen molar-refractivity contribution in [2.24, 2.45) is 0 Å². The molecule has 0 fully saturated rings. The highest BCUT2D eigenvalue weighted by atomic mass is 32.2. The second-order valence-corrected chi connectivity index (χ2v) is 6.93. The van der Waals surface area contributed by atoms with Crippen molar-refractivity contribution in [3.8, 4) is 23.0 Å². The Balaban J connectivity index is 1.49. The van der Waals surface area contributed by atoms with Crippen molar-refractivity contribution in [3.05, 3.63) is 53.8 Å². The molecule has 132 valence electrons. The van der Waals surface area contributed by atoms with Gasteiger partial charge in [-0.05, 0) is 37.6 Å². The van der Waals surface area contributed by atoms with Crippen molar-refractivity contribution in [1.29, 1.82) is 0 Å². The fourth-order valence-electron chi connectivity index (χ4n) is 2.28. The first-order valence-corrected chi connectivity index (χ1v) is 8.72. The smallest absolute Gasteiger partial charge is 0.277 e. The molecule has 3 aromatic heterocycles. The quantitative estimate of drug-likeness (QED) is 0.519. The van der Waals surface area contributed by atoms with E-state index in [1.807, 2.05) is 19.1 Å². The molecular weight excluding hydrogens is 357 g/mol. The number of aromatic amines is 1. The van der Waals surface area contributed by atoms with Crippen LogP contribution in [0.4, 0.5) is 4.39 Å². The normalized spacial score (nSPS) is 12.4. The highest BCUT2D eigenvalue weighted by Crippen LogP contribution is 2.35. The van der Waals surface area contributed by atoms with Crippen LogP contribution in [0.15, 0.2) is 50.7 Å². The zero-order chi connectivity index (χ0) is 18.1. The van der Waals surface area contributed by atoms with E-state index in [1.165, 1.54) is 17.8 Å². The van der Waals surface area contributed by atoms with Gasteiger partial charge in [0.05, 0.1) is 5.25 Å².